The van der Waals surface area contributed by atoms with E-state index in [1.54, 1.807) is 6.07 Å². The van der Waals surface area contributed by atoms with Crippen LogP contribution in [0.4, 0.5) is 0 Å². The van der Waals surface area contributed by atoms with E-state index in [2.05, 4.69) is 0 Å². The van der Waals surface area contributed by atoms with Gasteiger partial charge in [0.05, 0.1) is 12.2 Å². The molecule has 0 unspecified atom stereocenters. The fourth-order valence-corrected chi connectivity index (χ4v) is 5.58. The molecule has 0 saturated heterocycles. The van der Waals surface area contributed by atoms with Crippen molar-refractivity contribution in [2.24, 2.45) is 11.8 Å². The highest BCUT2D eigenvalue weighted by Crippen LogP contribution is 2.58. The molecule has 0 aromatic heterocycles. The molecule has 0 spiro atoms. The summed E-state index contributed by atoms with van der Waals surface area (Å²) in [5, 5.41) is 22.1. The molecule has 35 heavy (non-hydrogen) atoms. The summed E-state index contributed by atoms with van der Waals surface area (Å²) < 4.78 is 5.86. The van der Waals surface area contributed by atoms with E-state index in [1.807, 2.05) is 97.1 Å². The van der Waals surface area contributed by atoms with Crippen molar-refractivity contribution in [2.45, 2.75) is 17.9 Å². The Balaban J connectivity index is 1.47. The normalized spacial score (nSPS) is 22.2. The van der Waals surface area contributed by atoms with Crippen LogP contribution >= 0.6 is 0 Å². The van der Waals surface area contributed by atoms with Crippen LogP contribution in [0.25, 0.3) is 10.8 Å². The predicted molar refractivity (Wildman–Crippen MR) is 133 cm³/mol. The van der Waals surface area contributed by atoms with E-state index in [1.165, 1.54) is 0 Å². The van der Waals surface area contributed by atoms with Crippen molar-refractivity contribution >= 4 is 22.7 Å². The molecule has 0 radical (unpaired) electrons. The van der Waals surface area contributed by atoms with Gasteiger partial charge in [-0.3, -0.25) is 0 Å². The molecule has 1 fully saturated rings. The molecule has 4 aromatic carbocycles. The Labute approximate surface area is 203 Å². The predicted octanol–water partition coefficient (Wildman–Crippen LogP) is 5.26. The van der Waals surface area contributed by atoms with Crippen molar-refractivity contribution in [3.8, 4) is 0 Å². The lowest BCUT2D eigenvalue weighted by molar-refractivity contribution is -0.156. The average molecular weight is 467 g/mol. The van der Waals surface area contributed by atoms with Crippen molar-refractivity contribution < 1.29 is 24.5 Å². The molecule has 0 bridgehead atoms. The van der Waals surface area contributed by atoms with Gasteiger partial charge < -0.3 is 14.9 Å². The fraction of sp³-hybridized carbons (Fsp3) is 0.200. The highest BCUT2D eigenvalue weighted by Gasteiger charge is 2.56. The van der Waals surface area contributed by atoms with Crippen LogP contribution < -0.4 is 0 Å². The number of aliphatic hydroxyl groups excluding tert-OH is 1. The first-order valence-corrected chi connectivity index (χ1v) is 11.7. The molecule has 1 aliphatic rings. The Bertz CT molecular complexity index is 1280. The maximum Gasteiger partial charge on any atom is 0.338 e. The van der Waals surface area contributed by atoms with Gasteiger partial charge in [0.25, 0.3) is 0 Å². The number of ether oxygens (including phenoxy) is 1. The minimum absolute atomic E-state index is 0.115. The number of esters is 1. The van der Waals surface area contributed by atoms with Gasteiger partial charge in [-0.05, 0) is 39.8 Å². The minimum atomic E-state index is -1.53. The lowest BCUT2D eigenvalue weighted by atomic mass is 9.51. The van der Waals surface area contributed by atoms with Gasteiger partial charge in [-0.1, -0.05) is 97.1 Å². The molecule has 0 aliphatic heterocycles. The molecule has 0 heterocycles. The average Bonchev–Trinajstić information content (AvgIpc) is 2.88. The standard InChI is InChI=1S/C30H26O5/c31-28(29(32)33)27-25(20-11-3-1-4-12-20)24(26(27)21-13-5-2-6-14-21)18-35-30(34)23-17-9-15-19-10-7-8-16-22(19)23/h1-17,24-28,31H,18H2,(H,32,33)/t24?,25-,26-,27?,28+/m1/s1. The largest absolute Gasteiger partial charge is 0.479 e. The Hall–Kier alpha value is -3.96. The smallest absolute Gasteiger partial charge is 0.338 e. The van der Waals surface area contributed by atoms with Gasteiger partial charge in [0.15, 0.2) is 6.10 Å². The summed E-state index contributed by atoms with van der Waals surface area (Å²) >= 11 is 0. The molecule has 5 rings (SSSR count). The van der Waals surface area contributed by atoms with Crippen LogP contribution in [0.3, 0.4) is 0 Å². The van der Waals surface area contributed by atoms with Crippen LogP contribution in [-0.4, -0.2) is 34.9 Å². The van der Waals surface area contributed by atoms with Crippen LogP contribution in [0.1, 0.15) is 33.3 Å². The third-order valence-electron chi connectivity index (χ3n) is 7.15. The van der Waals surface area contributed by atoms with E-state index in [4.69, 9.17) is 4.74 Å². The van der Waals surface area contributed by atoms with E-state index in [-0.39, 0.29) is 24.4 Å². The third kappa shape index (κ3) is 4.31. The summed E-state index contributed by atoms with van der Waals surface area (Å²) in [6.07, 6.45) is -1.53. The molecule has 3 atom stereocenters. The zero-order valence-corrected chi connectivity index (χ0v) is 19.0. The molecule has 1 saturated carbocycles. The number of carboxylic acid groups (broad SMARTS) is 1. The number of carboxylic acids is 1. The number of aliphatic hydroxyl groups is 1. The summed E-state index contributed by atoms with van der Waals surface area (Å²) in [6, 6.07) is 32.3. The first-order chi connectivity index (χ1) is 17.1. The van der Waals surface area contributed by atoms with Crippen LogP contribution in [0.5, 0.6) is 0 Å². The van der Waals surface area contributed by atoms with Crippen LogP contribution in [-0.2, 0) is 9.53 Å². The summed E-state index contributed by atoms with van der Waals surface area (Å²) in [4.78, 5) is 25.0. The second-order valence-corrected chi connectivity index (χ2v) is 9.02. The Morgan fingerprint density at radius 3 is 1.89 bits per heavy atom. The van der Waals surface area contributed by atoms with Crippen LogP contribution in [0.15, 0.2) is 103 Å². The van der Waals surface area contributed by atoms with E-state index in [9.17, 15) is 19.8 Å². The maximum absolute atomic E-state index is 13.1. The van der Waals surface area contributed by atoms with Crippen molar-refractivity contribution in [1.29, 1.82) is 0 Å². The number of fused-ring (bicyclic) bond motifs is 1. The van der Waals surface area contributed by atoms with Gasteiger partial charge in [0.2, 0.25) is 0 Å². The van der Waals surface area contributed by atoms with Gasteiger partial charge >= 0.3 is 11.9 Å². The molecule has 2 N–H and O–H groups in total. The van der Waals surface area contributed by atoms with Gasteiger partial charge in [-0.2, -0.15) is 0 Å². The van der Waals surface area contributed by atoms with Crippen molar-refractivity contribution in [1.82, 2.24) is 0 Å². The van der Waals surface area contributed by atoms with Crippen LogP contribution in [0.2, 0.25) is 0 Å². The molecule has 0 amide bonds. The van der Waals surface area contributed by atoms with Crippen LogP contribution in [0, 0.1) is 11.8 Å². The number of hydrogen-bond acceptors (Lipinski definition) is 4. The van der Waals surface area contributed by atoms with Crippen molar-refractivity contribution in [3.63, 3.8) is 0 Å². The van der Waals surface area contributed by atoms with Gasteiger partial charge in [-0.25, -0.2) is 9.59 Å². The first kappa shape index (κ1) is 22.8. The molecule has 176 valence electrons. The van der Waals surface area contributed by atoms with Crippen molar-refractivity contribution in [3.05, 3.63) is 120 Å². The monoisotopic (exact) mass is 466 g/mol. The number of hydrogen-bond donors (Lipinski definition) is 2. The number of benzene rings is 4. The zero-order chi connectivity index (χ0) is 24.4. The Morgan fingerprint density at radius 2 is 1.29 bits per heavy atom. The number of aliphatic carboxylic acids is 1. The lowest BCUT2D eigenvalue weighted by Gasteiger charge is -2.53. The maximum atomic E-state index is 13.1. The molecular weight excluding hydrogens is 440 g/mol. The third-order valence-corrected chi connectivity index (χ3v) is 7.15. The number of carbonyl (C=O) groups excluding carboxylic acids is 1. The van der Waals surface area contributed by atoms with Gasteiger partial charge in [0, 0.05) is 11.8 Å². The minimum Gasteiger partial charge on any atom is -0.479 e. The highest BCUT2D eigenvalue weighted by molar-refractivity contribution is 6.04. The molecule has 5 nitrogen and oxygen atoms in total. The topological polar surface area (TPSA) is 83.8 Å². The van der Waals surface area contributed by atoms with E-state index in [0.29, 0.717) is 5.56 Å². The Kier molecular flexibility index (Phi) is 6.34. The molecule has 4 aromatic rings. The lowest BCUT2D eigenvalue weighted by Crippen LogP contribution is -2.53. The second kappa shape index (κ2) is 9.72. The van der Waals surface area contributed by atoms with Crippen molar-refractivity contribution in [2.75, 3.05) is 6.61 Å². The number of carbonyl (C=O) groups is 2. The SMILES string of the molecule is O=C(OCC1[C@@H](c2ccccc2)C([C@H](O)C(=O)O)[C@@H]1c1ccccc1)c1cccc2ccccc12. The van der Waals surface area contributed by atoms with E-state index < -0.39 is 24.0 Å². The first-order valence-electron chi connectivity index (χ1n) is 11.7. The quantitative estimate of drug-likeness (QED) is 0.363. The molecule has 5 heteroatoms. The summed E-state index contributed by atoms with van der Waals surface area (Å²) in [5.74, 6) is -2.93. The molecular formula is C30H26O5. The van der Waals surface area contributed by atoms with E-state index >= 15 is 0 Å². The number of rotatable bonds is 7. The fourth-order valence-electron chi connectivity index (χ4n) is 5.58. The summed E-state index contributed by atoms with van der Waals surface area (Å²) in [6.45, 7) is 0.115. The zero-order valence-electron chi connectivity index (χ0n) is 19.0. The molecule has 1 aliphatic carbocycles. The highest BCUT2D eigenvalue weighted by atomic mass is 16.5. The van der Waals surface area contributed by atoms with Gasteiger partial charge in [-0.15, -0.1) is 0 Å². The van der Waals surface area contributed by atoms with Gasteiger partial charge in [0.1, 0.15) is 0 Å². The summed E-state index contributed by atoms with van der Waals surface area (Å²) in [7, 11) is 0. The van der Waals surface area contributed by atoms with E-state index in [0.717, 1.165) is 21.9 Å². The second-order valence-electron chi connectivity index (χ2n) is 9.02. The summed E-state index contributed by atoms with van der Waals surface area (Å²) in [5.41, 5.74) is 2.35. The Morgan fingerprint density at radius 1 is 0.743 bits per heavy atom.